The smallest absolute Gasteiger partial charge is 0.253 e. The first-order valence-corrected chi connectivity index (χ1v) is 9.01. The van der Waals surface area contributed by atoms with Crippen LogP contribution in [-0.4, -0.2) is 44.0 Å². The van der Waals surface area contributed by atoms with Crippen molar-refractivity contribution in [1.29, 1.82) is 0 Å². The van der Waals surface area contributed by atoms with Crippen LogP contribution in [0.15, 0.2) is 36.4 Å². The van der Waals surface area contributed by atoms with Gasteiger partial charge in [-0.15, -0.1) is 0 Å². The molecule has 142 valence electrons. The highest BCUT2D eigenvalue weighted by molar-refractivity contribution is 6.32. The van der Waals surface area contributed by atoms with Gasteiger partial charge >= 0.3 is 0 Å². The van der Waals surface area contributed by atoms with Crippen LogP contribution in [0.4, 0.5) is 5.69 Å². The van der Waals surface area contributed by atoms with Crippen molar-refractivity contribution in [3.05, 3.63) is 52.5 Å². The van der Waals surface area contributed by atoms with Crippen molar-refractivity contribution in [3.8, 4) is 11.5 Å². The lowest BCUT2D eigenvalue weighted by Crippen LogP contribution is -2.21. The van der Waals surface area contributed by atoms with E-state index in [0.29, 0.717) is 41.0 Å². The van der Waals surface area contributed by atoms with Crippen molar-refractivity contribution in [1.82, 2.24) is 4.90 Å². The molecule has 0 unspecified atom stereocenters. The Hall–Kier alpha value is -2.73. The number of rotatable bonds is 4. The quantitative estimate of drug-likeness (QED) is 0.871. The summed E-state index contributed by atoms with van der Waals surface area (Å²) in [5.74, 6) is 0.816. The predicted molar refractivity (Wildman–Crippen MR) is 104 cm³/mol. The lowest BCUT2D eigenvalue weighted by molar-refractivity contribution is -0.115. The van der Waals surface area contributed by atoms with Crippen LogP contribution in [0, 0.1) is 0 Å². The molecule has 0 atom stereocenters. The molecule has 0 saturated heterocycles. The zero-order valence-electron chi connectivity index (χ0n) is 15.3. The molecule has 0 spiro atoms. The van der Waals surface area contributed by atoms with E-state index in [1.165, 1.54) is 4.90 Å². The number of nitrogens with zero attached hydrogens (tertiary/aromatic N) is 1. The Morgan fingerprint density at radius 3 is 2.52 bits per heavy atom. The molecule has 0 aromatic heterocycles. The monoisotopic (exact) mass is 388 g/mol. The number of amides is 2. The topological polar surface area (TPSA) is 67.9 Å². The second kappa shape index (κ2) is 8.31. The summed E-state index contributed by atoms with van der Waals surface area (Å²) in [7, 11) is 3.39. The van der Waals surface area contributed by atoms with E-state index in [9.17, 15) is 9.59 Å². The molecule has 0 radical (unpaired) electrons. The molecule has 0 fully saturated rings. The van der Waals surface area contributed by atoms with E-state index in [4.69, 9.17) is 21.1 Å². The lowest BCUT2D eigenvalue weighted by atomic mass is 10.1. The summed E-state index contributed by atoms with van der Waals surface area (Å²) in [4.78, 5) is 25.8. The number of hydrogen-bond acceptors (Lipinski definition) is 4. The molecule has 1 heterocycles. The summed E-state index contributed by atoms with van der Waals surface area (Å²) >= 11 is 6.26. The Bertz CT molecular complexity index is 850. The largest absolute Gasteiger partial charge is 0.489 e. The normalized spacial score (nSPS) is 12.9. The van der Waals surface area contributed by atoms with Gasteiger partial charge in [0, 0.05) is 31.8 Å². The third kappa shape index (κ3) is 4.71. The number of carbonyl (C=O) groups is 2. The number of anilines is 1. The minimum absolute atomic E-state index is 0.0882. The van der Waals surface area contributed by atoms with Gasteiger partial charge in [-0.1, -0.05) is 11.6 Å². The van der Waals surface area contributed by atoms with E-state index in [-0.39, 0.29) is 18.2 Å². The molecular formula is C20H21ClN2O4. The molecular weight excluding hydrogens is 368 g/mol. The number of carbonyl (C=O) groups excluding carboxylic acids is 2. The summed E-state index contributed by atoms with van der Waals surface area (Å²) in [5, 5.41) is 3.25. The van der Waals surface area contributed by atoms with Gasteiger partial charge in [0.15, 0.2) is 11.5 Å². The van der Waals surface area contributed by atoms with Crippen molar-refractivity contribution >= 4 is 29.1 Å². The number of halogens is 1. The maximum atomic E-state index is 12.4. The van der Waals surface area contributed by atoms with E-state index in [1.54, 1.807) is 50.5 Å². The molecule has 7 heteroatoms. The van der Waals surface area contributed by atoms with Crippen LogP contribution in [0.1, 0.15) is 22.3 Å². The third-order valence-electron chi connectivity index (χ3n) is 4.05. The van der Waals surface area contributed by atoms with Gasteiger partial charge in [-0.3, -0.25) is 9.59 Å². The van der Waals surface area contributed by atoms with Crippen LogP contribution in [0.25, 0.3) is 0 Å². The van der Waals surface area contributed by atoms with Crippen molar-refractivity contribution in [2.75, 3.05) is 32.6 Å². The van der Waals surface area contributed by atoms with Crippen LogP contribution in [0.2, 0.25) is 5.02 Å². The molecule has 6 nitrogen and oxygen atoms in total. The van der Waals surface area contributed by atoms with Crippen LogP contribution in [-0.2, 0) is 11.2 Å². The third-order valence-corrected chi connectivity index (χ3v) is 4.33. The van der Waals surface area contributed by atoms with E-state index in [0.717, 1.165) is 12.0 Å². The van der Waals surface area contributed by atoms with E-state index >= 15 is 0 Å². The Kier molecular flexibility index (Phi) is 5.86. The summed E-state index contributed by atoms with van der Waals surface area (Å²) in [5.41, 5.74) is 1.92. The van der Waals surface area contributed by atoms with Crippen LogP contribution in [0.3, 0.4) is 0 Å². The maximum Gasteiger partial charge on any atom is 0.253 e. The van der Waals surface area contributed by atoms with Gasteiger partial charge in [-0.05, 0) is 42.0 Å². The molecule has 0 aliphatic carbocycles. The first-order valence-electron chi connectivity index (χ1n) is 8.63. The second-order valence-corrected chi connectivity index (χ2v) is 6.86. The molecule has 1 aliphatic heterocycles. The van der Waals surface area contributed by atoms with Gasteiger partial charge in [-0.2, -0.15) is 0 Å². The number of hydrogen-bond donors (Lipinski definition) is 1. The SMILES string of the molecule is CN(C)C(=O)c1ccc(NC(=O)Cc2cc(Cl)c3c(c2)OCCCO3)cc1. The fourth-order valence-electron chi connectivity index (χ4n) is 2.73. The molecule has 0 saturated carbocycles. The Morgan fingerprint density at radius 2 is 1.81 bits per heavy atom. The highest BCUT2D eigenvalue weighted by Gasteiger charge is 2.17. The fourth-order valence-corrected chi connectivity index (χ4v) is 3.02. The summed E-state index contributed by atoms with van der Waals surface area (Å²) in [6.07, 6.45) is 0.932. The average molecular weight is 389 g/mol. The highest BCUT2D eigenvalue weighted by atomic mass is 35.5. The molecule has 0 bridgehead atoms. The van der Waals surface area contributed by atoms with Gasteiger partial charge in [0.2, 0.25) is 5.91 Å². The zero-order chi connectivity index (χ0) is 19.4. The Morgan fingerprint density at radius 1 is 1.11 bits per heavy atom. The first kappa shape index (κ1) is 19.0. The second-order valence-electron chi connectivity index (χ2n) is 6.46. The van der Waals surface area contributed by atoms with E-state index in [1.807, 2.05) is 0 Å². The lowest BCUT2D eigenvalue weighted by Gasteiger charge is -2.12. The highest BCUT2D eigenvalue weighted by Crippen LogP contribution is 2.38. The minimum atomic E-state index is -0.188. The number of nitrogens with one attached hydrogen (secondary N) is 1. The Balaban J connectivity index is 1.66. The molecule has 2 amide bonds. The molecule has 3 rings (SSSR count). The van der Waals surface area contributed by atoms with Crippen molar-refractivity contribution in [2.24, 2.45) is 0 Å². The van der Waals surface area contributed by atoms with Gasteiger partial charge in [-0.25, -0.2) is 0 Å². The van der Waals surface area contributed by atoms with Crippen molar-refractivity contribution in [2.45, 2.75) is 12.8 Å². The molecule has 1 aliphatic rings. The summed E-state index contributed by atoms with van der Waals surface area (Å²) in [6, 6.07) is 10.3. The van der Waals surface area contributed by atoms with E-state index < -0.39 is 0 Å². The van der Waals surface area contributed by atoms with Gasteiger partial charge < -0.3 is 19.7 Å². The Labute approximate surface area is 163 Å². The predicted octanol–water partition coefficient (Wildman–Crippen LogP) is 3.38. The van der Waals surface area contributed by atoms with Crippen molar-refractivity contribution in [3.63, 3.8) is 0 Å². The summed E-state index contributed by atoms with van der Waals surface area (Å²) in [6.45, 7) is 1.11. The molecule has 2 aromatic carbocycles. The van der Waals surface area contributed by atoms with Crippen molar-refractivity contribution < 1.29 is 19.1 Å². The van der Waals surface area contributed by atoms with Crippen LogP contribution >= 0.6 is 11.6 Å². The maximum absolute atomic E-state index is 12.4. The number of fused-ring (bicyclic) bond motifs is 1. The van der Waals surface area contributed by atoms with Gasteiger partial charge in [0.25, 0.3) is 5.91 Å². The minimum Gasteiger partial charge on any atom is -0.489 e. The van der Waals surface area contributed by atoms with Gasteiger partial charge in [0.1, 0.15) is 0 Å². The first-order chi connectivity index (χ1) is 12.9. The standard InChI is InChI=1S/C20H21ClN2O4/c1-23(2)20(25)14-4-6-15(7-5-14)22-18(24)12-13-10-16(21)19-17(11-13)26-8-3-9-27-19/h4-7,10-11H,3,8-9,12H2,1-2H3,(H,22,24). The fraction of sp³-hybridized carbons (Fsp3) is 0.300. The molecule has 27 heavy (non-hydrogen) atoms. The number of benzene rings is 2. The zero-order valence-corrected chi connectivity index (χ0v) is 16.0. The van der Waals surface area contributed by atoms with Gasteiger partial charge in [0.05, 0.1) is 24.7 Å². The summed E-state index contributed by atoms with van der Waals surface area (Å²) < 4.78 is 11.2. The van der Waals surface area contributed by atoms with Crippen LogP contribution < -0.4 is 14.8 Å². The average Bonchev–Trinajstić information content (AvgIpc) is 2.87. The number of ether oxygens (including phenoxy) is 2. The van der Waals surface area contributed by atoms with E-state index in [2.05, 4.69) is 5.32 Å². The molecule has 1 N–H and O–H groups in total. The molecule has 2 aromatic rings. The van der Waals surface area contributed by atoms with Crippen LogP contribution in [0.5, 0.6) is 11.5 Å².